The summed E-state index contributed by atoms with van der Waals surface area (Å²) in [5.41, 5.74) is 1.13. The Morgan fingerprint density at radius 2 is 2.35 bits per heavy atom. The largest absolute Gasteiger partial charge is 0.395 e. The molecular formula is C14H12FN3O2. The molecule has 0 aliphatic rings. The highest BCUT2D eigenvalue weighted by molar-refractivity contribution is 6.04. The number of nitrogens with zero attached hydrogens (tertiary/aromatic N) is 1. The SMILES string of the molecule is O=C(Nc1ccc(F)cc1C#CCCO)c1cn[nH]c1. The molecule has 0 fully saturated rings. The first-order valence-corrected chi connectivity index (χ1v) is 5.90. The van der Waals surface area contributed by atoms with Gasteiger partial charge >= 0.3 is 0 Å². The second kappa shape index (κ2) is 6.50. The van der Waals surface area contributed by atoms with Crippen molar-refractivity contribution in [3.63, 3.8) is 0 Å². The van der Waals surface area contributed by atoms with Crippen LogP contribution in [-0.2, 0) is 0 Å². The second-order valence-electron chi connectivity index (χ2n) is 3.91. The van der Waals surface area contributed by atoms with Gasteiger partial charge in [-0.05, 0) is 18.2 Å². The van der Waals surface area contributed by atoms with Crippen molar-refractivity contribution in [3.8, 4) is 11.8 Å². The van der Waals surface area contributed by atoms with Gasteiger partial charge < -0.3 is 10.4 Å². The number of nitrogens with one attached hydrogen (secondary N) is 2. The molecule has 0 aliphatic carbocycles. The predicted molar refractivity (Wildman–Crippen MR) is 71.5 cm³/mol. The molecule has 2 aromatic rings. The van der Waals surface area contributed by atoms with Crippen molar-refractivity contribution >= 4 is 11.6 Å². The molecule has 1 aromatic heterocycles. The van der Waals surface area contributed by atoms with Crippen molar-refractivity contribution in [3.05, 3.63) is 47.5 Å². The molecule has 102 valence electrons. The van der Waals surface area contributed by atoms with Gasteiger partial charge in [-0.25, -0.2) is 4.39 Å². The van der Waals surface area contributed by atoms with Gasteiger partial charge in [-0.3, -0.25) is 9.89 Å². The van der Waals surface area contributed by atoms with E-state index in [0.29, 0.717) is 16.8 Å². The summed E-state index contributed by atoms with van der Waals surface area (Å²) in [5.74, 6) is 4.60. The molecule has 0 atom stereocenters. The third-order valence-corrected chi connectivity index (χ3v) is 2.45. The molecule has 1 aromatic carbocycles. The number of hydrogen-bond donors (Lipinski definition) is 3. The van der Waals surface area contributed by atoms with E-state index < -0.39 is 5.82 Å². The van der Waals surface area contributed by atoms with Crippen LogP contribution >= 0.6 is 0 Å². The summed E-state index contributed by atoms with van der Waals surface area (Å²) >= 11 is 0. The molecule has 3 N–H and O–H groups in total. The first-order chi connectivity index (χ1) is 9.70. The van der Waals surface area contributed by atoms with E-state index in [0.717, 1.165) is 0 Å². The van der Waals surface area contributed by atoms with Gasteiger partial charge in [0.15, 0.2) is 0 Å². The van der Waals surface area contributed by atoms with Gasteiger partial charge in [-0.2, -0.15) is 5.10 Å². The molecular weight excluding hydrogens is 261 g/mol. The van der Waals surface area contributed by atoms with Gasteiger partial charge in [0.1, 0.15) is 5.82 Å². The Morgan fingerprint density at radius 3 is 3.05 bits per heavy atom. The van der Waals surface area contributed by atoms with Crippen LogP contribution in [0.4, 0.5) is 10.1 Å². The van der Waals surface area contributed by atoms with Crippen LogP contribution in [0, 0.1) is 17.7 Å². The predicted octanol–water partition coefficient (Wildman–Crippen LogP) is 1.53. The van der Waals surface area contributed by atoms with E-state index in [1.165, 1.54) is 30.6 Å². The fraction of sp³-hybridized carbons (Fsp3) is 0.143. The normalized spacial score (nSPS) is 9.70. The van der Waals surface area contributed by atoms with Crippen molar-refractivity contribution in [2.24, 2.45) is 0 Å². The Kier molecular flexibility index (Phi) is 4.47. The van der Waals surface area contributed by atoms with Crippen molar-refractivity contribution < 1.29 is 14.3 Å². The van der Waals surface area contributed by atoms with Crippen LogP contribution in [-0.4, -0.2) is 27.8 Å². The van der Waals surface area contributed by atoms with Gasteiger partial charge in [-0.1, -0.05) is 11.8 Å². The first-order valence-electron chi connectivity index (χ1n) is 5.90. The maximum absolute atomic E-state index is 13.2. The van der Waals surface area contributed by atoms with Crippen molar-refractivity contribution in [2.45, 2.75) is 6.42 Å². The van der Waals surface area contributed by atoms with Crippen LogP contribution < -0.4 is 5.32 Å². The molecule has 0 spiro atoms. The standard InChI is InChI=1S/C14H12FN3O2/c15-12-4-5-13(10(7-12)3-1-2-6-19)18-14(20)11-8-16-17-9-11/h4-5,7-9,19H,2,6H2,(H,16,17)(H,18,20). The monoisotopic (exact) mass is 273 g/mol. The number of benzene rings is 1. The van der Waals surface area contributed by atoms with Crippen LogP contribution in [0.5, 0.6) is 0 Å². The molecule has 0 unspecified atom stereocenters. The molecule has 0 aliphatic heterocycles. The van der Waals surface area contributed by atoms with Crippen molar-refractivity contribution in [2.75, 3.05) is 11.9 Å². The van der Waals surface area contributed by atoms with Crippen molar-refractivity contribution in [1.29, 1.82) is 0 Å². The lowest BCUT2D eigenvalue weighted by atomic mass is 10.1. The third-order valence-electron chi connectivity index (χ3n) is 2.45. The molecule has 5 nitrogen and oxygen atoms in total. The summed E-state index contributed by atoms with van der Waals surface area (Å²) in [6, 6.07) is 3.91. The summed E-state index contributed by atoms with van der Waals surface area (Å²) < 4.78 is 13.2. The van der Waals surface area contributed by atoms with Gasteiger partial charge in [0, 0.05) is 12.6 Å². The van der Waals surface area contributed by atoms with E-state index in [-0.39, 0.29) is 18.9 Å². The number of H-pyrrole nitrogens is 1. The van der Waals surface area contributed by atoms with Gasteiger partial charge in [-0.15, -0.1) is 0 Å². The number of aliphatic hydroxyl groups excluding tert-OH is 1. The summed E-state index contributed by atoms with van der Waals surface area (Å²) in [6.07, 6.45) is 3.12. The summed E-state index contributed by atoms with van der Waals surface area (Å²) in [7, 11) is 0. The zero-order valence-corrected chi connectivity index (χ0v) is 10.5. The average Bonchev–Trinajstić information content (AvgIpc) is 2.96. The Balaban J connectivity index is 2.23. The molecule has 0 radical (unpaired) electrons. The number of halogens is 1. The van der Waals surface area contributed by atoms with E-state index in [2.05, 4.69) is 27.4 Å². The zero-order valence-electron chi connectivity index (χ0n) is 10.5. The summed E-state index contributed by atoms with van der Waals surface area (Å²) in [4.78, 5) is 11.9. The van der Waals surface area contributed by atoms with Gasteiger partial charge in [0.05, 0.1) is 29.6 Å². The molecule has 0 saturated carbocycles. The van der Waals surface area contributed by atoms with Crippen molar-refractivity contribution in [1.82, 2.24) is 10.2 Å². The van der Waals surface area contributed by atoms with Gasteiger partial charge in [0.25, 0.3) is 5.91 Å². The molecule has 1 heterocycles. The maximum atomic E-state index is 13.2. The quantitative estimate of drug-likeness (QED) is 0.742. The number of aromatic nitrogens is 2. The minimum Gasteiger partial charge on any atom is -0.395 e. The highest BCUT2D eigenvalue weighted by Gasteiger charge is 2.09. The number of aliphatic hydroxyl groups is 1. The Labute approximate surface area is 114 Å². The van der Waals surface area contributed by atoms with E-state index in [9.17, 15) is 9.18 Å². The number of carbonyl (C=O) groups excluding carboxylic acids is 1. The zero-order chi connectivity index (χ0) is 14.4. The van der Waals surface area contributed by atoms with Crippen LogP contribution in [0.15, 0.2) is 30.6 Å². The van der Waals surface area contributed by atoms with E-state index >= 15 is 0 Å². The Hall–Kier alpha value is -2.65. The summed E-state index contributed by atoms with van der Waals surface area (Å²) in [6.45, 7) is -0.0704. The molecule has 0 bridgehead atoms. The lowest BCUT2D eigenvalue weighted by molar-refractivity contribution is 0.102. The van der Waals surface area contributed by atoms with Crippen LogP contribution in [0.25, 0.3) is 0 Å². The minimum absolute atomic E-state index is 0.0704. The fourth-order valence-corrected chi connectivity index (χ4v) is 1.51. The molecule has 0 saturated heterocycles. The van der Waals surface area contributed by atoms with Crippen LogP contribution in [0.2, 0.25) is 0 Å². The highest BCUT2D eigenvalue weighted by atomic mass is 19.1. The lowest BCUT2D eigenvalue weighted by Crippen LogP contribution is -2.12. The highest BCUT2D eigenvalue weighted by Crippen LogP contribution is 2.17. The topological polar surface area (TPSA) is 78.0 Å². The third kappa shape index (κ3) is 3.43. The number of amides is 1. The molecule has 2 rings (SSSR count). The molecule has 1 amide bonds. The smallest absolute Gasteiger partial charge is 0.258 e. The minimum atomic E-state index is -0.445. The second-order valence-corrected chi connectivity index (χ2v) is 3.91. The van der Waals surface area contributed by atoms with E-state index in [1.807, 2.05) is 0 Å². The van der Waals surface area contributed by atoms with Crippen LogP contribution in [0.3, 0.4) is 0 Å². The van der Waals surface area contributed by atoms with Crippen LogP contribution in [0.1, 0.15) is 22.3 Å². The Bertz CT molecular complexity index is 657. The first kappa shape index (κ1) is 13.8. The van der Waals surface area contributed by atoms with E-state index in [1.54, 1.807) is 0 Å². The molecule has 20 heavy (non-hydrogen) atoms. The summed E-state index contributed by atoms with van der Waals surface area (Å²) in [5, 5.41) is 17.5. The lowest BCUT2D eigenvalue weighted by Gasteiger charge is -2.06. The molecule has 6 heteroatoms. The van der Waals surface area contributed by atoms with E-state index in [4.69, 9.17) is 5.11 Å². The number of hydrogen-bond acceptors (Lipinski definition) is 3. The fourth-order valence-electron chi connectivity index (χ4n) is 1.51. The number of aromatic amines is 1. The van der Waals surface area contributed by atoms with Gasteiger partial charge in [0.2, 0.25) is 0 Å². The number of anilines is 1. The average molecular weight is 273 g/mol. The Morgan fingerprint density at radius 1 is 1.50 bits per heavy atom. The number of rotatable bonds is 3. The maximum Gasteiger partial charge on any atom is 0.258 e. The number of carbonyl (C=O) groups is 1.